The van der Waals surface area contributed by atoms with Crippen LogP contribution in [0.1, 0.15) is 34.1 Å². The topological polar surface area (TPSA) is 88.5 Å². The van der Waals surface area contributed by atoms with E-state index in [-0.39, 0.29) is 22.8 Å². The predicted octanol–water partition coefficient (Wildman–Crippen LogP) is 4.80. The molecule has 0 aliphatic rings. The first-order chi connectivity index (χ1) is 14.8. The Balaban J connectivity index is 1.93. The number of carbonyl (C=O) groups is 2. The molecule has 1 aromatic heterocycles. The fourth-order valence-electron chi connectivity index (χ4n) is 3.05. The van der Waals surface area contributed by atoms with Gasteiger partial charge in [-0.1, -0.05) is 47.5 Å². The molecule has 8 heteroatoms. The van der Waals surface area contributed by atoms with Crippen molar-refractivity contribution in [3.63, 3.8) is 0 Å². The van der Waals surface area contributed by atoms with Crippen molar-refractivity contribution in [1.82, 2.24) is 10.3 Å². The van der Waals surface area contributed by atoms with Gasteiger partial charge in [-0.15, -0.1) is 0 Å². The van der Waals surface area contributed by atoms with Crippen LogP contribution in [0.4, 0.5) is 4.39 Å². The van der Waals surface area contributed by atoms with Crippen molar-refractivity contribution in [1.29, 1.82) is 0 Å². The second-order valence-electron chi connectivity index (χ2n) is 6.91. The minimum Gasteiger partial charge on any atom is -0.494 e. The standard InChI is InChI=1S/C23H20ClFN2O4/c1-13-3-5-14(6-4-13)19(12-21(28)29)27-23(30)18-9-10-20(31-2)22(26-18)15-7-8-16(24)17(25)11-15/h3-11,19H,12H2,1-2H3,(H,27,30)(H,28,29)/t19-/m0/s1. The molecule has 0 saturated carbocycles. The summed E-state index contributed by atoms with van der Waals surface area (Å²) in [6.45, 7) is 1.91. The number of hydrogen-bond donors (Lipinski definition) is 2. The maximum atomic E-state index is 13.9. The van der Waals surface area contributed by atoms with E-state index in [9.17, 15) is 19.1 Å². The van der Waals surface area contributed by atoms with E-state index in [0.29, 0.717) is 16.9 Å². The van der Waals surface area contributed by atoms with E-state index >= 15 is 0 Å². The molecule has 0 fully saturated rings. The summed E-state index contributed by atoms with van der Waals surface area (Å²) in [6, 6.07) is 13.6. The molecule has 31 heavy (non-hydrogen) atoms. The number of carboxylic acids is 1. The van der Waals surface area contributed by atoms with Crippen molar-refractivity contribution < 1.29 is 23.8 Å². The quantitative estimate of drug-likeness (QED) is 0.548. The molecule has 0 saturated heterocycles. The van der Waals surface area contributed by atoms with Gasteiger partial charge in [0.2, 0.25) is 0 Å². The van der Waals surface area contributed by atoms with Gasteiger partial charge in [-0.25, -0.2) is 9.37 Å². The minimum absolute atomic E-state index is 0.0358. The molecule has 0 spiro atoms. The molecule has 1 amide bonds. The van der Waals surface area contributed by atoms with Gasteiger partial charge in [-0.05, 0) is 36.8 Å². The van der Waals surface area contributed by atoms with Crippen molar-refractivity contribution in [2.24, 2.45) is 0 Å². The smallest absolute Gasteiger partial charge is 0.305 e. The van der Waals surface area contributed by atoms with Crippen molar-refractivity contribution >= 4 is 23.5 Å². The number of pyridine rings is 1. The summed E-state index contributed by atoms with van der Waals surface area (Å²) >= 11 is 5.75. The number of carbonyl (C=O) groups excluding carboxylic acids is 1. The Labute approximate surface area is 183 Å². The number of aryl methyl sites for hydroxylation is 1. The molecule has 2 aromatic carbocycles. The minimum atomic E-state index is -1.05. The van der Waals surface area contributed by atoms with Crippen LogP contribution >= 0.6 is 11.6 Å². The maximum Gasteiger partial charge on any atom is 0.305 e. The number of nitrogens with zero attached hydrogens (tertiary/aromatic N) is 1. The van der Waals surface area contributed by atoms with E-state index in [1.165, 1.54) is 25.3 Å². The Bertz CT molecular complexity index is 1120. The highest BCUT2D eigenvalue weighted by Gasteiger charge is 2.21. The molecule has 0 unspecified atom stereocenters. The van der Waals surface area contributed by atoms with Gasteiger partial charge in [0.15, 0.2) is 0 Å². The van der Waals surface area contributed by atoms with Crippen LogP contribution in [0.3, 0.4) is 0 Å². The van der Waals surface area contributed by atoms with Gasteiger partial charge in [0, 0.05) is 5.56 Å². The lowest BCUT2D eigenvalue weighted by Crippen LogP contribution is -2.30. The number of amides is 1. The second kappa shape index (κ2) is 9.57. The zero-order chi connectivity index (χ0) is 22.5. The van der Waals surface area contributed by atoms with Gasteiger partial charge in [0.05, 0.1) is 24.6 Å². The number of aromatic nitrogens is 1. The Morgan fingerprint density at radius 1 is 1.16 bits per heavy atom. The monoisotopic (exact) mass is 442 g/mol. The third-order valence-electron chi connectivity index (χ3n) is 4.67. The van der Waals surface area contributed by atoms with Crippen LogP contribution in [0, 0.1) is 12.7 Å². The van der Waals surface area contributed by atoms with E-state index in [0.717, 1.165) is 5.56 Å². The third-order valence-corrected chi connectivity index (χ3v) is 4.97. The molecule has 2 N–H and O–H groups in total. The van der Waals surface area contributed by atoms with Gasteiger partial charge in [0.25, 0.3) is 5.91 Å². The lowest BCUT2D eigenvalue weighted by atomic mass is 10.0. The van der Waals surface area contributed by atoms with Crippen LogP contribution in [-0.2, 0) is 4.79 Å². The summed E-state index contributed by atoms with van der Waals surface area (Å²) in [5.41, 5.74) is 2.36. The summed E-state index contributed by atoms with van der Waals surface area (Å²) in [5, 5.41) is 11.9. The van der Waals surface area contributed by atoms with Crippen molar-refractivity contribution in [2.75, 3.05) is 7.11 Å². The first kappa shape index (κ1) is 22.2. The average molecular weight is 443 g/mol. The first-order valence-corrected chi connectivity index (χ1v) is 9.76. The number of halogens is 2. The first-order valence-electron chi connectivity index (χ1n) is 9.38. The van der Waals surface area contributed by atoms with Gasteiger partial charge >= 0.3 is 5.97 Å². The van der Waals surface area contributed by atoms with Crippen LogP contribution in [0.2, 0.25) is 5.02 Å². The highest BCUT2D eigenvalue weighted by atomic mass is 35.5. The van der Waals surface area contributed by atoms with Crippen molar-refractivity contribution in [3.8, 4) is 17.0 Å². The van der Waals surface area contributed by atoms with Gasteiger partial charge in [0.1, 0.15) is 23.0 Å². The number of benzene rings is 2. The molecule has 0 aliphatic heterocycles. The molecule has 6 nitrogen and oxygen atoms in total. The summed E-state index contributed by atoms with van der Waals surface area (Å²) < 4.78 is 19.2. The van der Waals surface area contributed by atoms with Crippen LogP contribution in [0.15, 0.2) is 54.6 Å². The SMILES string of the molecule is COc1ccc(C(=O)N[C@@H](CC(=O)O)c2ccc(C)cc2)nc1-c1ccc(Cl)c(F)c1. The van der Waals surface area contributed by atoms with E-state index in [4.69, 9.17) is 16.3 Å². The summed E-state index contributed by atoms with van der Waals surface area (Å²) in [4.78, 5) is 28.5. The van der Waals surface area contributed by atoms with Gasteiger partial charge in [-0.2, -0.15) is 0 Å². The number of rotatable bonds is 7. The Kier molecular flexibility index (Phi) is 6.87. The lowest BCUT2D eigenvalue weighted by Gasteiger charge is -2.18. The average Bonchev–Trinajstić information content (AvgIpc) is 2.75. The summed E-state index contributed by atoms with van der Waals surface area (Å²) in [5.74, 6) is -1.89. The fraction of sp³-hybridized carbons (Fsp3) is 0.174. The van der Waals surface area contributed by atoms with E-state index in [2.05, 4.69) is 10.3 Å². The molecule has 0 aliphatic carbocycles. The van der Waals surface area contributed by atoms with Gasteiger partial charge in [-0.3, -0.25) is 9.59 Å². The Morgan fingerprint density at radius 2 is 1.87 bits per heavy atom. The van der Waals surface area contributed by atoms with Crippen LogP contribution in [0.5, 0.6) is 5.75 Å². The highest BCUT2D eigenvalue weighted by molar-refractivity contribution is 6.30. The largest absolute Gasteiger partial charge is 0.494 e. The number of ether oxygens (including phenoxy) is 1. The predicted molar refractivity (Wildman–Crippen MR) is 115 cm³/mol. The zero-order valence-corrected chi connectivity index (χ0v) is 17.6. The molecule has 160 valence electrons. The second-order valence-corrected chi connectivity index (χ2v) is 7.32. The molecule has 3 aromatic rings. The highest BCUT2D eigenvalue weighted by Crippen LogP contribution is 2.30. The molecule has 1 atom stereocenters. The van der Waals surface area contributed by atoms with Gasteiger partial charge < -0.3 is 15.2 Å². The van der Waals surface area contributed by atoms with Crippen LogP contribution < -0.4 is 10.1 Å². The number of methoxy groups -OCH3 is 1. The summed E-state index contributed by atoms with van der Waals surface area (Å²) in [7, 11) is 1.44. The molecular formula is C23H20ClFN2O4. The number of aliphatic carboxylic acids is 1. The van der Waals surface area contributed by atoms with Crippen molar-refractivity contribution in [2.45, 2.75) is 19.4 Å². The molecule has 1 heterocycles. The van der Waals surface area contributed by atoms with E-state index < -0.39 is 23.7 Å². The third kappa shape index (κ3) is 5.38. The van der Waals surface area contributed by atoms with E-state index in [1.54, 1.807) is 24.3 Å². The lowest BCUT2D eigenvalue weighted by molar-refractivity contribution is -0.137. The summed E-state index contributed by atoms with van der Waals surface area (Å²) in [6.07, 6.45) is -0.291. The zero-order valence-electron chi connectivity index (χ0n) is 16.9. The maximum absolute atomic E-state index is 13.9. The Hall–Kier alpha value is -3.45. The molecule has 0 radical (unpaired) electrons. The number of nitrogens with one attached hydrogen (secondary N) is 1. The molecule has 3 rings (SSSR count). The van der Waals surface area contributed by atoms with E-state index in [1.807, 2.05) is 19.1 Å². The molecule has 0 bridgehead atoms. The molecular weight excluding hydrogens is 423 g/mol. The number of carboxylic acid groups (broad SMARTS) is 1. The Morgan fingerprint density at radius 3 is 2.48 bits per heavy atom. The van der Waals surface area contributed by atoms with Crippen molar-refractivity contribution in [3.05, 3.63) is 82.3 Å². The van der Waals surface area contributed by atoms with Crippen LogP contribution in [-0.4, -0.2) is 29.1 Å². The fourth-order valence-corrected chi connectivity index (χ4v) is 3.16. The van der Waals surface area contributed by atoms with Crippen LogP contribution in [0.25, 0.3) is 11.3 Å². The number of hydrogen-bond acceptors (Lipinski definition) is 4. The normalized spacial score (nSPS) is 11.6.